The average molecular weight is 191 g/mol. The Morgan fingerprint density at radius 2 is 2.36 bits per heavy atom. The van der Waals surface area contributed by atoms with E-state index in [0.717, 1.165) is 17.9 Å². The van der Waals surface area contributed by atoms with Gasteiger partial charge in [-0.05, 0) is 18.6 Å². The van der Waals surface area contributed by atoms with Crippen LogP contribution in [-0.2, 0) is 0 Å². The Bertz CT molecular complexity index is 418. The van der Waals surface area contributed by atoms with Crippen molar-refractivity contribution in [3.8, 4) is 0 Å². The fraction of sp³-hybridized carbons (Fsp3) is 0.444. The molecular formula is C9H13N5. The number of fused-ring (bicyclic) bond motifs is 1. The Morgan fingerprint density at radius 3 is 3.07 bits per heavy atom. The van der Waals surface area contributed by atoms with Crippen LogP contribution >= 0.6 is 0 Å². The van der Waals surface area contributed by atoms with Gasteiger partial charge in [-0.15, -0.1) is 10.2 Å². The first kappa shape index (κ1) is 9.08. The van der Waals surface area contributed by atoms with Gasteiger partial charge in [0.15, 0.2) is 11.5 Å². The van der Waals surface area contributed by atoms with Crippen molar-refractivity contribution in [1.82, 2.24) is 19.8 Å². The van der Waals surface area contributed by atoms with E-state index < -0.39 is 0 Å². The second-order valence-corrected chi connectivity index (χ2v) is 3.19. The van der Waals surface area contributed by atoms with Crippen LogP contribution in [0, 0.1) is 0 Å². The molecule has 0 fully saturated rings. The monoisotopic (exact) mass is 191 g/mol. The summed E-state index contributed by atoms with van der Waals surface area (Å²) in [5, 5.41) is 12.3. The maximum Gasteiger partial charge on any atom is 0.177 e. The van der Waals surface area contributed by atoms with Gasteiger partial charge in [0.05, 0.1) is 0 Å². The van der Waals surface area contributed by atoms with Crippen molar-refractivity contribution in [2.24, 2.45) is 5.73 Å². The summed E-state index contributed by atoms with van der Waals surface area (Å²) in [6.45, 7) is 2.66. The van der Waals surface area contributed by atoms with E-state index in [1.807, 2.05) is 12.1 Å². The highest BCUT2D eigenvalue weighted by Crippen LogP contribution is 2.15. The molecule has 5 heteroatoms. The van der Waals surface area contributed by atoms with Gasteiger partial charge >= 0.3 is 0 Å². The van der Waals surface area contributed by atoms with Gasteiger partial charge in [0.1, 0.15) is 0 Å². The minimum absolute atomic E-state index is 0.236. The Labute approximate surface area is 81.9 Å². The highest BCUT2D eigenvalue weighted by atomic mass is 15.4. The fourth-order valence-electron chi connectivity index (χ4n) is 1.47. The molecule has 0 saturated heterocycles. The van der Waals surface area contributed by atoms with Gasteiger partial charge in [-0.1, -0.05) is 6.92 Å². The van der Waals surface area contributed by atoms with E-state index in [1.54, 1.807) is 10.7 Å². The van der Waals surface area contributed by atoms with Crippen LogP contribution in [0.1, 0.15) is 25.1 Å². The van der Waals surface area contributed by atoms with E-state index >= 15 is 0 Å². The average Bonchev–Trinajstić information content (AvgIpc) is 2.65. The van der Waals surface area contributed by atoms with Crippen LogP contribution in [0.3, 0.4) is 0 Å². The van der Waals surface area contributed by atoms with Gasteiger partial charge in [0.2, 0.25) is 0 Å². The molecule has 2 aromatic rings. The van der Waals surface area contributed by atoms with Crippen molar-refractivity contribution in [1.29, 1.82) is 0 Å². The molecule has 0 aliphatic heterocycles. The first-order valence-electron chi connectivity index (χ1n) is 4.73. The van der Waals surface area contributed by atoms with Crippen molar-refractivity contribution >= 4 is 5.65 Å². The summed E-state index contributed by atoms with van der Waals surface area (Å²) in [6.07, 6.45) is 2.68. The summed E-state index contributed by atoms with van der Waals surface area (Å²) in [5.41, 5.74) is 6.43. The smallest absolute Gasteiger partial charge is 0.177 e. The molecule has 0 aromatic carbocycles. The van der Waals surface area contributed by atoms with Crippen molar-refractivity contribution < 1.29 is 0 Å². The van der Waals surface area contributed by atoms with Gasteiger partial charge in [-0.3, -0.25) is 0 Å². The predicted octanol–water partition coefficient (Wildman–Crippen LogP) is 0.577. The zero-order valence-corrected chi connectivity index (χ0v) is 8.09. The lowest BCUT2D eigenvalue weighted by Crippen LogP contribution is -2.15. The Balaban J connectivity index is 2.51. The van der Waals surface area contributed by atoms with Crippen LogP contribution in [0.5, 0.6) is 0 Å². The Kier molecular flexibility index (Phi) is 2.41. The lowest BCUT2D eigenvalue weighted by molar-refractivity contribution is 0.608. The SMILES string of the molecule is CCC(CN)c1nnc2cccnn12. The second-order valence-electron chi connectivity index (χ2n) is 3.19. The minimum atomic E-state index is 0.236. The second kappa shape index (κ2) is 3.71. The number of hydrogen-bond acceptors (Lipinski definition) is 4. The molecule has 0 aliphatic carbocycles. The standard InChI is InChI=1S/C9H13N5/c1-2-7(6-10)9-13-12-8-4-3-5-11-14(8)9/h3-5,7H,2,6,10H2,1H3. The first-order valence-corrected chi connectivity index (χ1v) is 4.73. The number of aromatic nitrogens is 4. The van der Waals surface area contributed by atoms with E-state index in [4.69, 9.17) is 5.73 Å². The fourth-order valence-corrected chi connectivity index (χ4v) is 1.47. The zero-order chi connectivity index (χ0) is 9.97. The zero-order valence-electron chi connectivity index (χ0n) is 8.09. The summed E-state index contributed by atoms with van der Waals surface area (Å²) in [5.74, 6) is 1.09. The largest absolute Gasteiger partial charge is 0.330 e. The Morgan fingerprint density at radius 1 is 1.50 bits per heavy atom. The van der Waals surface area contributed by atoms with Gasteiger partial charge in [-0.25, -0.2) is 0 Å². The molecule has 5 nitrogen and oxygen atoms in total. The highest BCUT2D eigenvalue weighted by Gasteiger charge is 2.14. The van der Waals surface area contributed by atoms with E-state index in [1.165, 1.54) is 0 Å². The molecule has 14 heavy (non-hydrogen) atoms. The van der Waals surface area contributed by atoms with Crippen LogP contribution in [0.2, 0.25) is 0 Å². The molecule has 0 aliphatic rings. The molecule has 0 radical (unpaired) electrons. The lowest BCUT2D eigenvalue weighted by Gasteiger charge is -2.08. The number of nitrogens with zero attached hydrogens (tertiary/aromatic N) is 4. The summed E-state index contributed by atoms with van der Waals surface area (Å²) >= 11 is 0. The highest BCUT2D eigenvalue weighted by molar-refractivity contribution is 5.35. The maximum atomic E-state index is 5.66. The van der Waals surface area contributed by atoms with Crippen LogP contribution in [0.25, 0.3) is 5.65 Å². The summed E-state index contributed by atoms with van der Waals surface area (Å²) in [7, 11) is 0. The summed E-state index contributed by atoms with van der Waals surface area (Å²) in [6, 6.07) is 3.73. The number of nitrogens with two attached hydrogens (primary N) is 1. The van der Waals surface area contributed by atoms with Crippen molar-refractivity contribution in [3.63, 3.8) is 0 Å². The molecule has 2 rings (SSSR count). The van der Waals surface area contributed by atoms with E-state index in [2.05, 4.69) is 22.2 Å². The van der Waals surface area contributed by atoms with Crippen molar-refractivity contribution in [3.05, 3.63) is 24.2 Å². The predicted molar refractivity (Wildman–Crippen MR) is 52.9 cm³/mol. The molecule has 2 heterocycles. The van der Waals surface area contributed by atoms with Crippen LogP contribution in [-0.4, -0.2) is 26.4 Å². The van der Waals surface area contributed by atoms with E-state index in [9.17, 15) is 0 Å². The van der Waals surface area contributed by atoms with Crippen molar-refractivity contribution in [2.45, 2.75) is 19.3 Å². The topological polar surface area (TPSA) is 69.1 Å². The number of rotatable bonds is 3. The normalized spacial score (nSPS) is 13.3. The molecule has 2 aromatic heterocycles. The molecule has 74 valence electrons. The number of hydrogen-bond donors (Lipinski definition) is 1. The van der Waals surface area contributed by atoms with Crippen LogP contribution < -0.4 is 5.73 Å². The molecule has 1 unspecified atom stereocenters. The van der Waals surface area contributed by atoms with E-state index in [0.29, 0.717) is 6.54 Å². The first-order chi connectivity index (χ1) is 6.86. The van der Waals surface area contributed by atoms with Crippen LogP contribution in [0.4, 0.5) is 0 Å². The van der Waals surface area contributed by atoms with Gasteiger partial charge in [0, 0.05) is 18.7 Å². The maximum absolute atomic E-state index is 5.66. The lowest BCUT2D eigenvalue weighted by atomic mass is 10.1. The third-order valence-corrected chi connectivity index (χ3v) is 2.34. The quantitative estimate of drug-likeness (QED) is 0.770. The van der Waals surface area contributed by atoms with Gasteiger partial charge < -0.3 is 5.73 Å². The van der Waals surface area contributed by atoms with Gasteiger partial charge in [-0.2, -0.15) is 9.61 Å². The molecule has 2 N–H and O–H groups in total. The van der Waals surface area contributed by atoms with Gasteiger partial charge in [0.25, 0.3) is 0 Å². The summed E-state index contributed by atoms with van der Waals surface area (Å²) < 4.78 is 1.75. The third kappa shape index (κ3) is 1.35. The summed E-state index contributed by atoms with van der Waals surface area (Å²) in [4.78, 5) is 0. The van der Waals surface area contributed by atoms with Crippen LogP contribution in [0.15, 0.2) is 18.3 Å². The molecule has 0 amide bonds. The van der Waals surface area contributed by atoms with E-state index in [-0.39, 0.29) is 5.92 Å². The third-order valence-electron chi connectivity index (χ3n) is 2.34. The molecule has 0 bridgehead atoms. The Hall–Kier alpha value is -1.49. The minimum Gasteiger partial charge on any atom is -0.330 e. The molecule has 0 saturated carbocycles. The molecule has 0 spiro atoms. The molecule has 1 atom stereocenters. The molecular weight excluding hydrogens is 178 g/mol. The van der Waals surface area contributed by atoms with Crippen molar-refractivity contribution in [2.75, 3.05) is 6.54 Å².